The Labute approximate surface area is 119 Å². The molecule has 112 valence electrons. The van der Waals surface area contributed by atoms with E-state index < -0.39 is 20.9 Å². The van der Waals surface area contributed by atoms with Crippen molar-refractivity contribution in [2.45, 2.75) is 37.3 Å². The molecule has 0 saturated carbocycles. The molecule has 0 radical (unpaired) electrons. The predicted molar refractivity (Wildman–Crippen MR) is 74.3 cm³/mol. The Hall–Kier alpha value is -1.05. The van der Waals surface area contributed by atoms with Crippen molar-refractivity contribution in [1.29, 1.82) is 0 Å². The molecule has 1 N–H and O–H groups in total. The molecule has 0 amide bonds. The van der Waals surface area contributed by atoms with E-state index in [4.69, 9.17) is 0 Å². The lowest BCUT2D eigenvalue weighted by molar-refractivity contribution is 0.282. The van der Waals surface area contributed by atoms with E-state index in [2.05, 4.69) is 17.2 Å². The lowest BCUT2D eigenvalue weighted by Crippen LogP contribution is -2.48. The van der Waals surface area contributed by atoms with E-state index in [0.717, 1.165) is 31.9 Å². The summed E-state index contributed by atoms with van der Waals surface area (Å²) < 4.78 is 39.8. The van der Waals surface area contributed by atoms with Crippen LogP contribution in [0.4, 0.5) is 4.39 Å². The highest BCUT2D eigenvalue weighted by atomic mass is 32.2. The second-order valence-electron chi connectivity index (χ2n) is 4.95. The van der Waals surface area contributed by atoms with Crippen LogP contribution in [0.1, 0.15) is 26.2 Å². The molecule has 0 spiro atoms. The molecule has 0 aliphatic carbocycles. The van der Waals surface area contributed by atoms with Crippen molar-refractivity contribution in [2.24, 2.45) is 0 Å². The molecular weight excluding hydrogens is 281 g/mol. The van der Waals surface area contributed by atoms with Gasteiger partial charge in [0, 0.05) is 25.3 Å². The Balaban J connectivity index is 2.15. The van der Waals surface area contributed by atoms with Gasteiger partial charge >= 0.3 is 0 Å². The maximum Gasteiger partial charge on any atom is 0.263 e. The van der Waals surface area contributed by atoms with Gasteiger partial charge in [0.25, 0.3) is 10.0 Å². The molecule has 0 bridgehead atoms. The Morgan fingerprint density at radius 1 is 1.55 bits per heavy atom. The van der Waals surface area contributed by atoms with Crippen LogP contribution in [-0.2, 0) is 10.0 Å². The molecule has 2 rings (SSSR count). The van der Waals surface area contributed by atoms with Crippen molar-refractivity contribution in [3.05, 3.63) is 24.1 Å². The zero-order chi connectivity index (χ0) is 14.6. The third-order valence-corrected chi connectivity index (χ3v) is 5.18. The summed E-state index contributed by atoms with van der Waals surface area (Å²) in [6.07, 6.45) is 4.01. The van der Waals surface area contributed by atoms with E-state index in [0.29, 0.717) is 13.1 Å². The first kappa shape index (κ1) is 15.3. The van der Waals surface area contributed by atoms with Crippen LogP contribution < -0.4 is 5.32 Å². The molecule has 20 heavy (non-hydrogen) atoms. The van der Waals surface area contributed by atoms with Crippen LogP contribution in [0.2, 0.25) is 0 Å². The first-order valence-corrected chi connectivity index (χ1v) is 8.33. The molecule has 2 heterocycles. The van der Waals surface area contributed by atoms with E-state index in [-0.39, 0.29) is 6.04 Å². The molecule has 1 atom stereocenters. The normalized spacial score (nSPS) is 21.0. The molecule has 1 saturated heterocycles. The van der Waals surface area contributed by atoms with Crippen molar-refractivity contribution < 1.29 is 12.8 Å². The molecule has 0 aromatic carbocycles. The topological polar surface area (TPSA) is 62.3 Å². The van der Waals surface area contributed by atoms with Gasteiger partial charge in [0.1, 0.15) is 0 Å². The van der Waals surface area contributed by atoms with E-state index in [9.17, 15) is 12.8 Å². The lowest BCUT2D eigenvalue weighted by Gasteiger charge is -2.32. The highest BCUT2D eigenvalue weighted by Crippen LogP contribution is 2.21. The van der Waals surface area contributed by atoms with Crippen LogP contribution in [0, 0.1) is 5.82 Å². The largest absolute Gasteiger partial charge is 0.313 e. The Bertz CT molecular complexity index is 550. The average molecular weight is 301 g/mol. The molecule has 1 aliphatic heterocycles. The number of hydrogen-bond donors (Lipinski definition) is 1. The lowest BCUT2D eigenvalue weighted by atomic mass is 10.1. The zero-order valence-electron chi connectivity index (χ0n) is 11.5. The van der Waals surface area contributed by atoms with Crippen molar-refractivity contribution in [1.82, 2.24) is 14.6 Å². The van der Waals surface area contributed by atoms with Gasteiger partial charge < -0.3 is 5.32 Å². The number of rotatable bonds is 5. The van der Waals surface area contributed by atoms with Gasteiger partial charge in [-0.3, -0.25) is 0 Å². The smallest absolute Gasteiger partial charge is 0.263 e. The van der Waals surface area contributed by atoms with Crippen LogP contribution in [0.15, 0.2) is 23.4 Å². The van der Waals surface area contributed by atoms with Gasteiger partial charge in [0.15, 0.2) is 5.82 Å². The Morgan fingerprint density at radius 3 is 3.05 bits per heavy atom. The number of pyridine rings is 1. The van der Waals surface area contributed by atoms with Crippen molar-refractivity contribution in [3.8, 4) is 0 Å². The molecule has 7 heteroatoms. The first-order valence-electron chi connectivity index (χ1n) is 6.89. The second kappa shape index (κ2) is 6.60. The summed E-state index contributed by atoms with van der Waals surface area (Å²) in [4.78, 5) is 3.69. The molecule has 1 aromatic rings. The van der Waals surface area contributed by atoms with Gasteiger partial charge in [0.2, 0.25) is 5.03 Å². The number of hydrogen-bond acceptors (Lipinski definition) is 4. The summed E-state index contributed by atoms with van der Waals surface area (Å²) in [6, 6.07) is 2.64. The highest BCUT2D eigenvalue weighted by Gasteiger charge is 2.32. The number of aromatic nitrogens is 1. The standard InChI is InChI=1S/C13H20FN3O2S/c1-2-7-15-11-5-4-9-17(10-11)20(18,19)13-12(14)6-3-8-16-13/h3,6,8,11,15H,2,4-5,7,9-10H2,1H3. The monoisotopic (exact) mass is 301 g/mol. The van der Waals surface area contributed by atoms with Crippen LogP contribution >= 0.6 is 0 Å². The number of piperidine rings is 1. The minimum atomic E-state index is -3.84. The summed E-state index contributed by atoms with van der Waals surface area (Å²) in [5.74, 6) is -0.795. The SMILES string of the molecule is CCCNC1CCCN(S(=O)(=O)c2ncccc2F)C1. The highest BCUT2D eigenvalue weighted by molar-refractivity contribution is 7.89. The second-order valence-corrected chi connectivity index (χ2v) is 6.80. The van der Waals surface area contributed by atoms with Crippen LogP contribution in [-0.4, -0.2) is 43.4 Å². The average Bonchev–Trinajstić information content (AvgIpc) is 2.45. The molecule has 1 aromatic heterocycles. The maximum atomic E-state index is 13.7. The van der Waals surface area contributed by atoms with Crippen LogP contribution in [0.25, 0.3) is 0 Å². The van der Waals surface area contributed by atoms with Crippen molar-refractivity contribution >= 4 is 10.0 Å². The predicted octanol–water partition coefficient (Wildman–Crippen LogP) is 1.37. The van der Waals surface area contributed by atoms with Gasteiger partial charge in [0.05, 0.1) is 0 Å². The quantitative estimate of drug-likeness (QED) is 0.892. The number of nitrogens with zero attached hydrogens (tertiary/aromatic N) is 2. The third-order valence-electron chi connectivity index (χ3n) is 3.38. The summed E-state index contributed by atoms with van der Waals surface area (Å²) >= 11 is 0. The summed E-state index contributed by atoms with van der Waals surface area (Å²) in [7, 11) is -3.84. The third kappa shape index (κ3) is 3.34. The Morgan fingerprint density at radius 2 is 2.35 bits per heavy atom. The number of nitrogens with one attached hydrogen (secondary N) is 1. The fraction of sp³-hybridized carbons (Fsp3) is 0.615. The zero-order valence-corrected chi connectivity index (χ0v) is 12.4. The summed E-state index contributed by atoms with van der Waals surface area (Å²) in [6.45, 7) is 3.71. The van der Waals surface area contributed by atoms with Crippen LogP contribution in [0.3, 0.4) is 0 Å². The van der Waals surface area contributed by atoms with E-state index in [1.54, 1.807) is 0 Å². The molecule has 1 unspecified atom stereocenters. The minimum Gasteiger partial charge on any atom is -0.313 e. The van der Waals surface area contributed by atoms with E-state index in [1.165, 1.54) is 16.6 Å². The van der Waals surface area contributed by atoms with Gasteiger partial charge in [-0.15, -0.1) is 0 Å². The van der Waals surface area contributed by atoms with Gasteiger partial charge in [-0.05, 0) is 37.9 Å². The Kier molecular flexibility index (Phi) is 5.06. The van der Waals surface area contributed by atoms with E-state index in [1.807, 2.05) is 0 Å². The van der Waals surface area contributed by atoms with Gasteiger partial charge in [-0.1, -0.05) is 6.92 Å². The summed E-state index contributed by atoms with van der Waals surface area (Å²) in [5.41, 5.74) is 0. The minimum absolute atomic E-state index is 0.130. The molecule has 5 nitrogen and oxygen atoms in total. The van der Waals surface area contributed by atoms with Gasteiger partial charge in [-0.25, -0.2) is 17.8 Å². The molecular formula is C13H20FN3O2S. The van der Waals surface area contributed by atoms with Crippen molar-refractivity contribution in [3.63, 3.8) is 0 Å². The number of sulfonamides is 1. The van der Waals surface area contributed by atoms with Crippen LogP contribution in [0.5, 0.6) is 0 Å². The fourth-order valence-corrected chi connectivity index (χ4v) is 3.86. The molecule has 1 fully saturated rings. The molecule has 1 aliphatic rings. The number of halogens is 1. The van der Waals surface area contributed by atoms with Crippen molar-refractivity contribution in [2.75, 3.05) is 19.6 Å². The fourth-order valence-electron chi connectivity index (χ4n) is 2.36. The summed E-state index contributed by atoms with van der Waals surface area (Å²) in [5, 5.41) is 2.84. The first-order chi connectivity index (χ1) is 9.55. The van der Waals surface area contributed by atoms with E-state index >= 15 is 0 Å². The maximum absolute atomic E-state index is 13.7. The van der Waals surface area contributed by atoms with Gasteiger partial charge in [-0.2, -0.15) is 4.31 Å².